The van der Waals surface area contributed by atoms with Crippen LogP contribution in [0.2, 0.25) is 0 Å². The lowest BCUT2D eigenvalue weighted by Crippen LogP contribution is -2.64. The van der Waals surface area contributed by atoms with Crippen molar-refractivity contribution in [3.05, 3.63) is 369 Å². The Bertz CT molecular complexity index is 6320. The molecule has 5 aliphatic rings. The molecule has 3 aliphatic carbocycles. The molecule has 0 amide bonds. The third-order valence-corrected chi connectivity index (χ3v) is 26.4. The maximum absolute atomic E-state index is 3.03. The van der Waals surface area contributed by atoms with Gasteiger partial charge in [-0.1, -0.05) is 302 Å². The highest BCUT2D eigenvalue weighted by Crippen LogP contribution is 2.57. The van der Waals surface area contributed by atoms with Gasteiger partial charge in [-0.15, -0.1) is 0 Å². The van der Waals surface area contributed by atoms with E-state index < -0.39 is 0 Å². The first-order chi connectivity index (χ1) is 56.8. The molecule has 14 aromatic carbocycles. The third kappa shape index (κ3) is 12.2. The lowest BCUT2D eigenvalue weighted by atomic mass is 9.33. The Labute approximate surface area is 683 Å². The van der Waals surface area contributed by atoms with Crippen molar-refractivity contribution in [1.82, 2.24) is 9.13 Å². The zero-order chi connectivity index (χ0) is 77.9. The molecule has 16 aromatic rings. The SMILES string of the molecule is CC(C)(C)c1cc(-c2ccccc2)c(N2c3cc(-n4c5ccccc5c5ccccc54)ccc3B3c4ccc(-n5c6ccccc6c6ccccc65)cc4N(C4C(C5CC=CCC5)=CC(C(C)(C)C)CC4C4=CCCCC4)c4cc(N(c5ccc(-c6ccccc6)cc5)c5ccc(-c6ccccc6)cc5)cc2c43)c(-c2ccccc2)c1. The van der Waals surface area contributed by atoms with Crippen molar-refractivity contribution < 1.29 is 0 Å². The maximum Gasteiger partial charge on any atom is 0.252 e. The normalized spacial score (nSPS) is 17.3. The van der Waals surface area contributed by atoms with Gasteiger partial charge in [-0.3, -0.25) is 0 Å². The lowest BCUT2D eigenvalue weighted by molar-refractivity contribution is 0.220. The number of hydrogen-bond acceptors (Lipinski definition) is 3. The molecule has 0 saturated heterocycles. The van der Waals surface area contributed by atoms with Gasteiger partial charge in [-0.25, -0.2) is 0 Å². The van der Waals surface area contributed by atoms with Gasteiger partial charge in [-0.05, 0) is 232 Å². The molecule has 116 heavy (non-hydrogen) atoms. The van der Waals surface area contributed by atoms with E-state index in [1.165, 1.54) is 123 Å². The van der Waals surface area contributed by atoms with Crippen molar-refractivity contribution in [1.29, 1.82) is 0 Å². The van der Waals surface area contributed by atoms with Gasteiger partial charge < -0.3 is 23.8 Å². The molecule has 4 heterocycles. The summed E-state index contributed by atoms with van der Waals surface area (Å²) < 4.78 is 5.11. The Morgan fingerprint density at radius 3 is 1.32 bits per heavy atom. The standard InChI is InChI=1S/C110H96BN5/c1-109(2,3)81-65-92(77-37-17-9-18-38-77)107(93(66-81)78-39-19-10-20-40-78)115-102-69-85(113-98-49-29-25-45-88(98)89-46-26-30-50-99(89)113)61-63-96(102)111-97-64-62-86(114-100-51-31-27-47-90(100)91-48-28-32-52-101(91)114)70-103(97)116(108-94(79-41-21-11-22-42-79)67-82(110(4,5)6)68-95(108)80-43-23-12-24-44-80)105-72-87(71-104(115)106(105)111)112(83-57-53-75(54-58-83)73-33-13-7-14-34-73)84-59-55-76(56-60-84)74-35-15-8-16-36-74/h7-11,13-21,25-40,43,45-67,69-72,79,82,95,108H,12,22-24,41-42,44,68H2,1-6H3. The van der Waals surface area contributed by atoms with Gasteiger partial charge in [0.05, 0.1) is 39.5 Å². The monoisotopic (exact) mass is 1500 g/mol. The highest BCUT2D eigenvalue weighted by atomic mass is 15.2. The Morgan fingerprint density at radius 1 is 0.397 bits per heavy atom. The average Bonchev–Trinajstić information content (AvgIpc) is 0.763. The number of hydrogen-bond donors (Lipinski definition) is 0. The molecule has 4 unspecified atom stereocenters. The van der Waals surface area contributed by atoms with E-state index in [2.05, 4.69) is 417 Å². The van der Waals surface area contributed by atoms with E-state index in [9.17, 15) is 0 Å². The quantitative estimate of drug-likeness (QED) is 0.0847. The Hall–Kier alpha value is -12.6. The van der Waals surface area contributed by atoms with Crippen molar-refractivity contribution >= 4 is 112 Å². The molecule has 2 aromatic heterocycles. The molecule has 0 N–H and O–H groups in total. The summed E-state index contributed by atoms with van der Waals surface area (Å²) in [6, 6.07) is 125. The van der Waals surface area contributed by atoms with Crippen molar-refractivity contribution in [3.63, 3.8) is 0 Å². The predicted molar refractivity (Wildman–Crippen MR) is 494 cm³/mol. The molecular weight excluding hydrogens is 1400 g/mol. The second-order valence-corrected chi connectivity index (χ2v) is 35.3. The van der Waals surface area contributed by atoms with E-state index in [-0.39, 0.29) is 29.5 Å². The van der Waals surface area contributed by atoms with Gasteiger partial charge in [0.25, 0.3) is 6.71 Å². The first-order valence-electron chi connectivity index (χ1n) is 42.3. The van der Waals surface area contributed by atoms with Crippen LogP contribution in [0.3, 0.4) is 0 Å². The Balaban J connectivity index is 0.947. The molecule has 5 nitrogen and oxygen atoms in total. The minimum absolute atomic E-state index is 0.0201. The van der Waals surface area contributed by atoms with E-state index in [4.69, 9.17) is 0 Å². The first-order valence-corrected chi connectivity index (χ1v) is 42.3. The second kappa shape index (κ2) is 28.7. The van der Waals surface area contributed by atoms with Crippen LogP contribution in [-0.2, 0) is 5.41 Å². The Kier molecular flexibility index (Phi) is 17.6. The highest BCUT2D eigenvalue weighted by molar-refractivity contribution is 7.00. The maximum atomic E-state index is 3.03. The van der Waals surface area contributed by atoms with Gasteiger partial charge in [0.1, 0.15) is 0 Å². The highest BCUT2D eigenvalue weighted by Gasteiger charge is 2.51. The lowest BCUT2D eigenvalue weighted by Gasteiger charge is -2.53. The fourth-order valence-corrected chi connectivity index (χ4v) is 20.6. The van der Waals surface area contributed by atoms with Gasteiger partial charge in [-0.2, -0.15) is 0 Å². The fraction of sp³-hybridized carbons (Fsp3) is 0.182. The fourth-order valence-electron chi connectivity index (χ4n) is 20.6. The number of allylic oxidation sites excluding steroid dienone is 4. The van der Waals surface area contributed by atoms with E-state index in [1.54, 1.807) is 11.1 Å². The van der Waals surface area contributed by atoms with E-state index in [0.717, 1.165) is 95.2 Å². The van der Waals surface area contributed by atoms with Gasteiger partial charge in [0.15, 0.2) is 0 Å². The molecule has 0 saturated carbocycles. The van der Waals surface area contributed by atoms with Crippen LogP contribution < -0.4 is 31.1 Å². The summed E-state index contributed by atoms with van der Waals surface area (Å²) in [5.41, 5.74) is 33.8. The van der Waals surface area contributed by atoms with E-state index in [1.807, 2.05) is 0 Å². The van der Waals surface area contributed by atoms with Crippen LogP contribution in [0.1, 0.15) is 98.5 Å². The molecule has 0 spiro atoms. The topological polar surface area (TPSA) is 19.6 Å². The molecule has 0 bridgehead atoms. The smallest absolute Gasteiger partial charge is 0.252 e. The molecule has 0 radical (unpaired) electrons. The van der Waals surface area contributed by atoms with Crippen molar-refractivity contribution in [2.75, 3.05) is 14.7 Å². The minimum Gasteiger partial charge on any atom is -0.334 e. The summed E-state index contributed by atoms with van der Waals surface area (Å²) in [6.45, 7) is 14.5. The molecular formula is C110H96BN5. The Morgan fingerprint density at radius 2 is 0.853 bits per heavy atom. The third-order valence-electron chi connectivity index (χ3n) is 26.4. The van der Waals surface area contributed by atoms with Gasteiger partial charge >= 0.3 is 0 Å². The number of aromatic nitrogens is 2. The molecule has 564 valence electrons. The summed E-state index contributed by atoms with van der Waals surface area (Å²) in [4.78, 5) is 8.42. The van der Waals surface area contributed by atoms with Crippen LogP contribution in [0, 0.1) is 23.2 Å². The minimum atomic E-state index is -0.243. The summed E-state index contributed by atoms with van der Waals surface area (Å²) >= 11 is 0. The van der Waals surface area contributed by atoms with Crippen LogP contribution in [0.5, 0.6) is 0 Å². The molecule has 0 fully saturated rings. The van der Waals surface area contributed by atoms with E-state index in [0.29, 0.717) is 11.8 Å². The number of anilines is 8. The molecule has 2 aliphatic heterocycles. The first kappa shape index (κ1) is 71.2. The largest absolute Gasteiger partial charge is 0.334 e. The summed E-state index contributed by atoms with van der Waals surface area (Å²) in [6.07, 6.45) is 19.5. The zero-order valence-corrected chi connectivity index (χ0v) is 67.3. The van der Waals surface area contributed by atoms with E-state index >= 15 is 0 Å². The van der Waals surface area contributed by atoms with Crippen LogP contribution in [0.4, 0.5) is 45.5 Å². The summed E-state index contributed by atoms with van der Waals surface area (Å²) in [5, 5.41) is 4.98. The second-order valence-electron chi connectivity index (χ2n) is 35.3. The molecule has 6 heteroatoms. The number of rotatable bonds is 13. The van der Waals surface area contributed by atoms with Crippen LogP contribution >= 0.6 is 0 Å². The summed E-state index contributed by atoms with van der Waals surface area (Å²) in [5.74, 6) is 0.903. The van der Waals surface area contributed by atoms with Gasteiger partial charge in [0, 0.05) is 84.1 Å². The predicted octanol–water partition coefficient (Wildman–Crippen LogP) is 27.9. The average molecular weight is 1500 g/mol. The van der Waals surface area contributed by atoms with Gasteiger partial charge in [0.2, 0.25) is 0 Å². The van der Waals surface area contributed by atoms with Crippen LogP contribution in [0.15, 0.2) is 363 Å². The number of para-hydroxylation sites is 4. The zero-order valence-electron chi connectivity index (χ0n) is 67.3. The van der Waals surface area contributed by atoms with Crippen molar-refractivity contribution in [3.8, 4) is 55.9 Å². The van der Waals surface area contributed by atoms with Crippen LogP contribution in [-0.4, -0.2) is 21.9 Å². The molecule has 21 rings (SSSR count). The summed E-state index contributed by atoms with van der Waals surface area (Å²) in [7, 11) is 0. The van der Waals surface area contributed by atoms with Crippen molar-refractivity contribution in [2.45, 2.75) is 104 Å². The van der Waals surface area contributed by atoms with Crippen molar-refractivity contribution in [2.24, 2.45) is 23.2 Å². The molecule has 4 atom stereocenters. The van der Waals surface area contributed by atoms with Crippen LogP contribution in [0.25, 0.3) is 99.5 Å². The number of benzene rings is 14. The number of fused-ring (bicyclic) bond motifs is 10. The number of nitrogens with zero attached hydrogens (tertiary/aromatic N) is 5.